The fraction of sp³-hybridized carbons (Fsp3) is 0.0625. The number of hydrogen-bond acceptors (Lipinski definition) is 6. The molecule has 8 heteroatoms. The highest BCUT2D eigenvalue weighted by molar-refractivity contribution is 7.92. The van der Waals surface area contributed by atoms with E-state index in [0.29, 0.717) is 17.3 Å². The minimum absolute atomic E-state index is 0.0969. The fourth-order valence-corrected chi connectivity index (χ4v) is 3.06. The molecule has 0 amide bonds. The molecule has 3 rings (SSSR count). The molecular weight excluding hydrogens is 328 g/mol. The van der Waals surface area contributed by atoms with Gasteiger partial charge in [-0.1, -0.05) is 12.1 Å². The Labute approximate surface area is 139 Å². The van der Waals surface area contributed by atoms with Crippen LogP contribution in [0, 0.1) is 0 Å². The molecule has 0 aliphatic carbocycles. The van der Waals surface area contributed by atoms with E-state index in [2.05, 4.69) is 19.9 Å². The van der Waals surface area contributed by atoms with Gasteiger partial charge in [0.15, 0.2) is 0 Å². The zero-order chi connectivity index (χ0) is 17.0. The second kappa shape index (κ2) is 6.63. The van der Waals surface area contributed by atoms with Crippen molar-refractivity contribution in [2.45, 2.75) is 4.90 Å². The van der Waals surface area contributed by atoms with Crippen molar-refractivity contribution in [1.82, 2.24) is 15.2 Å². The maximum atomic E-state index is 12.3. The standard InChI is InChI=1S/C16H14N4O3S/c1-23-16-8-7-15(18-19-16)12-4-2-5-13(10-12)20-24(21,22)14-6-3-9-17-11-14/h2-11,20H,1H3. The molecule has 0 bridgehead atoms. The Hall–Kier alpha value is -3.00. The number of nitrogens with zero attached hydrogens (tertiary/aromatic N) is 3. The molecule has 2 heterocycles. The zero-order valence-electron chi connectivity index (χ0n) is 12.7. The van der Waals surface area contributed by atoms with Gasteiger partial charge in [0, 0.05) is 29.7 Å². The first-order valence-electron chi connectivity index (χ1n) is 6.99. The summed E-state index contributed by atoms with van der Waals surface area (Å²) in [6.45, 7) is 0. The van der Waals surface area contributed by atoms with Crippen molar-refractivity contribution >= 4 is 15.7 Å². The number of aromatic nitrogens is 3. The quantitative estimate of drug-likeness (QED) is 0.765. The maximum Gasteiger partial charge on any atom is 0.263 e. The van der Waals surface area contributed by atoms with Gasteiger partial charge in [0.25, 0.3) is 10.0 Å². The lowest BCUT2D eigenvalue weighted by Crippen LogP contribution is -2.13. The number of ether oxygens (including phenoxy) is 1. The Morgan fingerprint density at radius 1 is 1.04 bits per heavy atom. The smallest absolute Gasteiger partial charge is 0.263 e. The monoisotopic (exact) mass is 342 g/mol. The average Bonchev–Trinajstić information content (AvgIpc) is 2.62. The van der Waals surface area contributed by atoms with E-state index in [-0.39, 0.29) is 4.90 Å². The summed E-state index contributed by atoms with van der Waals surface area (Å²) in [5, 5.41) is 7.96. The van der Waals surface area contributed by atoms with E-state index in [1.807, 2.05) is 6.07 Å². The number of hydrogen-bond donors (Lipinski definition) is 1. The summed E-state index contributed by atoms with van der Waals surface area (Å²) in [7, 11) is -2.18. The van der Waals surface area contributed by atoms with Crippen molar-refractivity contribution in [3.8, 4) is 17.1 Å². The summed E-state index contributed by atoms with van der Waals surface area (Å²) in [5.74, 6) is 0.409. The van der Waals surface area contributed by atoms with E-state index in [9.17, 15) is 8.42 Å². The van der Waals surface area contributed by atoms with Crippen molar-refractivity contribution < 1.29 is 13.2 Å². The van der Waals surface area contributed by atoms with Crippen LogP contribution >= 0.6 is 0 Å². The van der Waals surface area contributed by atoms with Crippen molar-refractivity contribution in [2.75, 3.05) is 11.8 Å². The van der Waals surface area contributed by atoms with E-state index in [4.69, 9.17) is 4.74 Å². The fourth-order valence-electron chi connectivity index (χ4n) is 2.05. The lowest BCUT2D eigenvalue weighted by Gasteiger charge is -2.09. The summed E-state index contributed by atoms with van der Waals surface area (Å²) in [6, 6.07) is 13.4. The molecule has 0 unspecified atom stereocenters. The predicted octanol–water partition coefficient (Wildman–Crippen LogP) is 2.35. The molecule has 122 valence electrons. The van der Waals surface area contributed by atoms with Gasteiger partial charge in [-0.05, 0) is 30.3 Å². The van der Waals surface area contributed by atoms with E-state index in [0.717, 1.165) is 5.56 Å². The second-order valence-corrected chi connectivity index (χ2v) is 6.52. The third kappa shape index (κ3) is 3.49. The van der Waals surface area contributed by atoms with Crippen LogP contribution in [-0.2, 0) is 10.0 Å². The SMILES string of the molecule is COc1ccc(-c2cccc(NS(=O)(=O)c3cccnc3)c2)nn1. The van der Waals surface area contributed by atoms with Crippen LogP contribution in [0.5, 0.6) is 5.88 Å². The van der Waals surface area contributed by atoms with Crippen LogP contribution in [0.25, 0.3) is 11.3 Å². The molecule has 1 aromatic carbocycles. The molecule has 24 heavy (non-hydrogen) atoms. The minimum Gasteiger partial charge on any atom is -0.480 e. The van der Waals surface area contributed by atoms with Crippen LogP contribution < -0.4 is 9.46 Å². The molecule has 0 saturated heterocycles. The highest BCUT2D eigenvalue weighted by Crippen LogP contribution is 2.23. The number of rotatable bonds is 5. The van der Waals surface area contributed by atoms with Crippen LogP contribution in [0.2, 0.25) is 0 Å². The number of nitrogens with one attached hydrogen (secondary N) is 1. The first kappa shape index (κ1) is 15.9. The lowest BCUT2D eigenvalue weighted by atomic mass is 10.1. The van der Waals surface area contributed by atoms with E-state index in [1.165, 1.54) is 25.6 Å². The Kier molecular flexibility index (Phi) is 4.39. The van der Waals surface area contributed by atoms with Gasteiger partial charge in [-0.2, -0.15) is 0 Å². The molecule has 0 spiro atoms. The summed E-state index contributed by atoms with van der Waals surface area (Å²) >= 11 is 0. The number of pyridine rings is 1. The average molecular weight is 342 g/mol. The molecule has 0 atom stereocenters. The van der Waals surface area contributed by atoms with Crippen LogP contribution in [0.15, 0.2) is 65.8 Å². The number of anilines is 1. The molecular formula is C16H14N4O3S. The summed E-state index contributed by atoms with van der Waals surface area (Å²) in [4.78, 5) is 3.92. The van der Waals surface area contributed by atoms with Gasteiger partial charge in [0.05, 0.1) is 12.8 Å². The van der Waals surface area contributed by atoms with Crippen LogP contribution in [0.4, 0.5) is 5.69 Å². The van der Waals surface area contributed by atoms with Gasteiger partial charge in [-0.3, -0.25) is 9.71 Å². The lowest BCUT2D eigenvalue weighted by molar-refractivity contribution is 0.392. The molecule has 0 radical (unpaired) electrons. The second-order valence-electron chi connectivity index (χ2n) is 4.84. The normalized spacial score (nSPS) is 11.0. The highest BCUT2D eigenvalue weighted by Gasteiger charge is 2.14. The number of benzene rings is 1. The molecule has 3 aromatic rings. The Morgan fingerprint density at radius 3 is 2.58 bits per heavy atom. The molecule has 2 aromatic heterocycles. The molecule has 0 saturated carbocycles. The first-order chi connectivity index (χ1) is 11.6. The highest BCUT2D eigenvalue weighted by atomic mass is 32.2. The maximum absolute atomic E-state index is 12.3. The van der Waals surface area contributed by atoms with E-state index >= 15 is 0 Å². The molecule has 0 fully saturated rings. The molecule has 1 N–H and O–H groups in total. The Bertz CT molecular complexity index is 929. The summed E-state index contributed by atoms with van der Waals surface area (Å²) in [6.07, 6.45) is 2.81. The molecule has 7 nitrogen and oxygen atoms in total. The van der Waals surface area contributed by atoms with Gasteiger partial charge >= 0.3 is 0 Å². The van der Waals surface area contributed by atoms with Gasteiger partial charge in [0.2, 0.25) is 5.88 Å². The summed E-state index contributed by atoms with van der Waals surface area (Å²) < 4.78 is 32.2. The molecule has 0 aliphatic heterocycles. The first-order valence-corrected chi connectivity index (χ1v) is 8.48. The largest absolute Gasteiger partial charge is 0.480 e. The summed E-state index contributed by atoms with van der Waals surface area (Å²) in [5.41, 5.74) is 1.77. The van der Waals surface area contributed by atoms with Gasteiger partial charge < -0.3 is 4.74 Å². The van der Waals surface area contributed by atoms with Gasteiger partial charge in [-0.15, -0.1) is 10.2 Å². The Morgan fingerprint density at radius 2 is 1.92 bits per heavy atom. The van der Waals surface area contributed by atoms with Gasteiger partial charge in [0.1, 0.15) is 4.90 Å². The molecule has 0 aliphatic rings. The topological polar surface area (TPSA) is 94.1 Å². The van der Waals surface area contributed by atoms with Crippen LogP contribution in [-0.4, -0.2) is 30.7 Å². The number of methoxy groups -OCH3 is 1. The minimum atomic E-state index is -3.69. The predicted molar refractivity (Wildman–Crippen MR) is 89.1 cm³/mol. The van der Waals surface area contributed by atoms with Crippen molar-refractivity contribution in [3.05, 3.63) is 60.9 Å². The van der Waals surface area contributed by atoms with E-state index < -0.39 is 10.0 Å². The third-order valence-corrected chi connectivity index (χ3v) is 4.57. The van der Waals surface area contributed by atoms with Gasteiger partial charge in [-0.25, -0.2) is 8.42 Å². The van der Waals surface area contributed by atoms with Crippen molar-refractivity contribution in [3.63, 3.8) is 0 Å². The van der Waals surface area contributed by atoms with Crippen molar-refractivity contribution in [2.24, 2.45) is 0 Å². The third-order valence-electron chi connectivity index (χ3n) is 3.20. The number of sulfonamides is 1. The van der Waals surface area contributed by atoms with Crippen LogP contribution in [0.3, 0.4) is 0 Å². The van der Waals surface area contributed by atoms with E-state index in [1.54, 1.807) is 36.4 Å². The van der Waals surface area contributed by atoms with Crippen molar-refractivity contribution in [1.29, 1.82) is 0 Å². The zero-order valence-corrected chi connectivity index (χ0v) is 13.6. The Balaban J connectivity index is 1.88. The van der Waals surface area contributed by atoms with Crippen LogP contribution in [0.1, 0.15) is 0 Å².